The van der Waals surface area contributed by atoms with Gasteiger partial charge in [-0.25, -0.2) is 9.97 Å². The topological polar surface area (TPSA) is 64.3 Å². The van der Waals surface area contributed by atoms with E-state index in [1.165, 1.54) is 0 Å². The summed E-state index contributed by atoms with van der Waals surface area (Å²) in [5.41, 5.74) is 6.18. The van der Waals surface area contributed by atoms with Gasteiger partial charge in [0.2, 0.25) is 5.95 Å². The molecule has 0 amide bonds. The number of hydrogen-bond acceptors (Lipinski definition) is 5. The summed E-state index contributed by atoms with van der Waals surface area (Å²) in [7, 11) is 0. The molecule has 2 unspecified atom stereocenters. The Balaban J connectivity index is 2.26. The lowest BCUT2D eigenvalue weighted by atomic mass is 10.2. The van der Waals surface area contributed by atoms with Gasteiger partial charge in [-0.05, 0) is 19.9 Å². The maximum atomic E-state index is 5.57. The summed E-state index contributed by atoms with van der Waals surface area (Å²) < 4.78 is 5.57. The first-order chi connectivity index (χ1) is 8.08. The number of anilines is 1. The molecule has 17 heavy (non-hydrogen) atoms. The molecule has 0 saturated carbocycles. The normalized spacial score (nSPS) is 24.7. The van der Waals surface area contributed by atoms with E-state index < -0.39 is 0 Å². The molecule has 1 fully saturated rings. The van der Waals surface area contributed by atoms with Gasteiger partial charge in [-0.2, -0.15) is 0 Å². The summed E-state index contributed by atoms with van der Waals surface area (Å²) >= 11 is 4.92. The number of aromatic nitrogens is 2. The summed E-state index contributed by atoms with van der Waals surface area (Å²) in [6.45, 7) is 5.59. The van der Waals surface area contributed by atoms with E-state index in [0.717, 1.165) is 6.54 Å². The Hall–Kier alpha value is -1.27. The van der Waals surface area contributed by atoms with E-state index in [1.54, 1.807) is 12.3 Å². The molecular weight excluding hydrogens is 236 g/mol. The zero-order chi connectivity index (χ0) is 12.4. The molecule has 1 aliphatic heterocycles. The highest BCUT2D eigenvalue weighted by Crippen LogP contribution is 2.17. The first-order valence-electron chi connectivity index (χ1n) is 5.59. The molecule has 0 aromatic carbocycles. The Morgan fingerprint density at radius 2 is 2.35 bits per heavy atom. The lowest BCUT2D eigenvalue weighted by Gasteiger charge is -2.36. The molecule has 0 radical (unpaired) electrons. The van der Waals surface area contributed by atoms with Crippen molar-refractivity contribution in [3.05, 3.63) is 18.0 Å². The van der Waals surface area contributed by atoms with Crippen molar-refractivity contribution in [1.29, 1.82) is 0 Å². The van der Waals surface area contributed by atoms with Crippen LogP contribution in [0.5, 0.6) is 0 Å². The first kappa shape index (κ1) is 12.2. The summed E-state index contributed by atoms with van der Waals surface area (Å²) in [6.07, 6.45) is 1.87. The van der Waals surface area contributed by atoms with Gasteiger partial charge in [-0.1, -0.05) is 12.2 Å². The summed E-state index contributed by atoms with van der Waals surface area (Å²) in [4.78, 5) is 11.1. The van der Waals surface area contributed by atoms with Crippen LogP contribution in [0.4, 0.5) is 5.95 Å². The van der Waals surface area contributed by atoms with E-state index in [2.05, 4.69) is 21.8 Å². The number of nitrogens with two attached hydrogens (primary N) is 1. The van der Waals surface area contributed by atoms with Crippen LogP contribution in [0.2, 0.25) is 0 Å². The van der Waals surface area contributed by atoms with Crippen molar-refractivity contribution in [2.75, 3.05) is 18.1 Å². The lowest BCUT2D eigenvalue weighted by molar-refractivity contribution is 0.0337. The van der Waals surface area contributed by atoms with Crippen molar-refractivity contribution in [3.8, 4) is 0 Å². The molecule has 0 bridgehead atoms. The van der Waals surface area contributed by atoms with Gasteiger partial charge in [0.25, 0.3) is 0 Å². The zero-order valence-corrected chi connectivity index (χ0v) is 10.8. The SMILES string of the molecule is CC1CN(c2nccc(C(N)=S)n2)C(C)CO1. The first-order valence-corrected chi connectivity index (χ1v) is 6.00. The lowest BCUT2D eigenvalue weighted by Crippen LogP contribution is -2.48. The Labute approximate surface area is 106 Å². The molecular formula is C11H16N4OS. The Kier molecular flexibility index (Phi) is 3.54. The van der Waals surface area contributed by atoms with Crippen LogP contribution in [0.3, 0.4) is 0 Å². The van der Waals surface area contributed by atoms with Crippen LogP contribution in [0, 0.1) is 0 Å². The predicted molar refractivity (Wildman–Crippen MR) is 70.1 cm³/mol. The fourth-order valence-electron chi connectivity index (χ4n) is 1.81. The molecule has 2 heterocycles. The Morgan fingerprint density at radius 3 is 3.06 bits per heavy atom. The summed E-state index contributed by atoms with van der Waals surface area (Å²) in [6, 6.07) is 1.98. The monoisotopic (exact) mass is 252 g/mol. The van der Waals surface area contributed by atoms with Gasteiger partial charge in [0.1, 0.15) is 10.7 Å². The fraction of sp³-hybridized carbons (Fsp3) is 0.545. The van der Waals surface area contributed by atoms with Gasteiger partial charge in [-0.15, -0.1) is 0 Å². The maximum Gasteiger partial charge on any atom is 0.226 e. The smallest absolute Gasteiger partial charge is 0.226 e. The molecule has 2 N–H and O–H groups in total. The predicted octanol–water partition coefficient (Wildman–Crippen LogP) is 0.724. The third-order valence-electron chi connectivity index (χ3n) is 2.76. The molecule has 92 valence electrons. The highest BCUT2D eigenvalue weighted by molar-refractivity contribution is 7.80. The van der Waals surface area contributed by atoms with Crippen molar-refractivity contribution >= 4 is 23.2 Å². The van der Waals surface area contributed by atoms with Crippen LogP contribution < -0.4 is 10.6 Å². The van der Waals surface area contributed by atoms with Crippen LogP contribution in [0.15, 0.2) is 12.3 Å². The van der Waals surface area contributed by atoms with Gasteiger partial charge in [0, 0.05) is 12.7 Å². The largest absolute Gasteiger partial charge is 0.388 e. The number of rotatable bonds is 2. The highest BCUT2D eigenvalue weighted by atomic mass is 32.1. The molecule has 0 aliphatic carbocycles. The second kappa shape index (κ2) is 4.93. The highest BCUT2D eigenvalue weighted by Gasteiger charge is 2.25. The number of ether oxygens (including phenoxy) is 1. The minimum Gasteiger partial charge on any atom is -0.388 e. The fourth-order valence-corrected chi connectivity index (χ4v) is 1.92. The second-order valence-electron chi connectivity index (χ2n) is 4.25. The van der Waals surface area contributed by atoms with Crippen LogP contribution >= 0.6 is 12.2 Å². The maximum absolute atomic E-state index is 5.57. The Bertz CT molecular complexity index is 426. The Morgan fingerprint density at radius 1 is 1.59 bits per heavy atom. The average molecular weight is 252 g/mol. The second-order valence-corrected chi connectivity index (χ2v) is 4.69. The van der Waals surface area contributed by atoms with Crippen molar-refractivity contribution in [1.82, 2.24) is 9.97 Å². The van der Waals surface area contributed by atoms with E-state index in [0.29, 0.717) is 23.2 Å². The van der Waals surface area contributed by atoms with E-state index in [4.69, 9.17) is 22.7 Å². The van der Waals surface area contributed by atoms with Crippen molar-refractivity contribution in [2.24, 2.45) is 5.73 Å². The average Bonchev–Trinajstić information content (AvgIpc) is 2.32. The zero-order valence-electron chi connectivity index (χ0n) is 9.96. The number of hydrogen-bond donors (Lipinski definition) is 1. The molecule has 1 aromatic heterocycles. The minimum atomic E-state index is 0.184. The van der Waals surface area contributed by atoms with Crippen molar-refractivity contribution in [3.63, 3.8) is 0 Å². The van der Waals surface area contributed by atoms with Crippen molar-refractivity contribution in [2.45, 2.75) is 26.0 Å². The van der Waals surface area contributed by atoms with Gasteiger partial charge in [0.15, 0.2) is 0 Å². The molecule has 0 spiro atoms. The molecule has 2 rings (SSSR count). The van der Waals surface area contributed by atoms with Crippen LogP contribution in [0.25, 0.3) is 0 Å². The standard InChI is InChI=1S/C11H16N4OS/c1-7-6-16-8(2)5-15(7)11-13-4-3-9(14-11)10(12)17/h3-4,7-8H,5-6H2,1-2H3,(H2,12,17). The number of morpholine rings is 1. The van der Waals surface area contributed by atoms with Gasteiger partial charge in [-0.3, -0.25) is 0 Å². The number of nitrogens with zero attached hydrogens (tertiary/aromatic N) is 3. The van der Waals surface area contributed by atoms with Crippen LogP contribution in [-0.2, 0) is 4.74 Å². The van der Waals surface area contributed by atoms with E-state index >= 15 is 0 Å². The molecule has 2 atom stereocenters. The third kappa shape index (κ3) is 2.70. The van der Waals surface area contributed by atoms with Gasteiger partial charge >= 0.3 is 0 Å². The number of thiocarbonyl (C=S) groups is 1. The third-order valence-corrected chi connectivity index (χ3v) is 2.97. The molecule has 1 saturated heterocycles. The molecule has 6 heteroatoms. The summed E-state index contributed by atoms with van der Waals surface area (Å²) in [5, 5.41) is 0. The van der Waals surface area contributed by atoms with Crippen molar-refractivity contribution < 1.29 is 4.74 Å². The molecule has 1 aliphatic rings. The quantitative estimate of drug-likeness (QED) is 0.783. The van der Waals surface area contributed by atoms with E-state index in [1.807, 2.05) is 6.92 Å². The van der Waals surface area contributed by atoms with Gasteiger partial charge < -0.3 is 15.4 Å². The minimum absolute atomic E-state index is 0.184. The van der Waals surface area contributed by atoms with Crippen LogP contribution in [0.1, 0.15) is 19.5 Å². The van der Waals surface area contributed by atoms with Crippen LogP contribution in [-0.4, -0.2) is 40.3 Å². The summed E-state index contributed by atoms with van der Waals surface area (Å²) in [5.74, 6) is 0.665. The molecule has 5 nitrogen and oxygen atoms in total. The van der Waals surface area contributed by atoms with E-state index in [9.17, 15) is 0 Å². The molecule has 1 aromatic rings. The van der Waals surface area contributed by atoms with Gasteiger partial charge in [0.05, 0.1) is 18.8 Å². The van der Waals surface area contributed by atoms with E-state index in [-0.39, 0.29) is 12.1 Å².